The summed E-state index contributed by atoms with van der Waals surface area (Å²) in [5, 5.41) is 11.1. The van der Waals surface area contributed by atoms with Crippen LogP contribution in [0.4, 0.5) is 10.7 Å². The van der Waals surface area contributed by atoms with Crippen LogP contribution in [0.25, 0.3) is 16.9 Å². The predicted molar refractivity (Wildman–Crippen MR) is 110 cm³/mol. The molecule has 1 unspecified atom stereocenters. The van der Waals surface area contributed by atoms with E-state index in [0.29, 0.717) is 22.5 Å². The van der Waals surface area contributed by atoms with Gasteiger partial charge in [-0.1, -0.05) is 28.7 Å². The Balaban J connectivity index is 1.80. The number of hydrogen-bond acceptors (Lipinski definition) is 4. The second-order valence-corrected chi connectivity index (χ2v) is 7.60. The van der Waals surface area contributed by atoms with Gasteiger partial charge in [0.05, 0.1) is 0 Å². The predicted octanol–water partition coefficient (Wildman–Crippen LogP) is 2.90. The van der Waals surface area contributed by atoms with Gasteiger partial charge in [-0.05, 0) is 36.4 Å². The van der Waals surface area contributed by atoms with Gasteiger partial charge in [0.2, 0.25) is 11.9 Å². The fraction of sp³-hybridized carbons (Fsp3) is 0.143. The summed E-state index contributed by atoms with van der Waals surface area (Å²) in [4.78, 5) is 32.4. The molecule has 0 aliphatic carbocycles. The number of amides is 3. The van der Waals surface area contributed by atoms with Crippen molar-refractivity contribution in [2.45, 2.75) is 6.04 Å². The number of aromatic hydroxyl groups is 1. The molecule has 3 amide bonds. The molecule has 1 atom stereocenters. The first-order valence-corrected chi connectivity index (χ1v) is 9.61. The lowest BCUT2D eigenvalue weighted by Gasteiger charge is -2.30. The molecule has 0 saturated carbocycles. The third-order valence-electron chi connectivity index (χ3n) is 5.42. The van der Waals surface area contributed by atoms with E-state index in [4.69, 9.17) is 11.6 Å². The number of phenols is 1. The first kappa shape index (κ1) is 18.4. The largest absolute Gasteiger partial charge is 0.504 e. The van der Waals surface area contributed by atoms with Gasteiger partial charge < -0.3 is 5.11 Å². The molecule has 3 aromatic rings. The number of nitrogens with zero attached hydrogens (tertiary/aromatic N) is 5. The minimum absolute atomic E-state index is 0.0645. The van der Waals surface area contributed by atoms with Crippen LogP contribution in [0.5, 0.6) is 5.75 Å². The molecule has 2 aliphatic rings. The van der Waals surface area contributed by atoms with Gasteiger partial charge >= 0.3 is 12.0 Å². The van der Waals surface area contributed by atoms with E-state index in [1.807, 2.05) is 24.4 Å². The first-order chi connectivity index (χ1) is 14.4. The van der Waals surface area contributed by atoms with E-state index in [0.717, 1.165) is 16.2 Å². The Morgan fingerprint density at radius 3 is 2.43 bits per heavy atom. The molecular formula is C21H17ClN5O3+. The number of fused-ring (bicyclic) bond motifs is 3. The smallest absolute Gasteiger partial charge is 0.407 e. The highest BCUT2D eigenvalue weighted by molar-refractivity contribution is 6.30. The number of benzene rings is 2. The number of para-hydroxylation sites is 2. The molecule has 0 spiro atoms. The Hall–Kier alpha value is -3.65. The van der Waals surface area contributed by atoms with Crippen LogP contribution in [0.1, 0.15) is 6.04 Å². The van der Waals surface area contributed by atoms with Crippen LogP contribution in [0.2, 0.25) is 5.02 Å². The summed E-state index contributed by atoms with van der Waals surface area (Å²) in [6.07, 6.45) is 1.81. The van der Waals surface area contributed by atoms with Crippen molar-refractivity contribution in [3.8, 4) is 22.7 Å². The fourth-order valence-corrected chi connectivity index (χ4v) is 3.99. The second-order valence-electron chi connectivity index (χ2n) is 7.16. The highest BCUT2D eigenvalue weighted by Gasteiger charge is 2.52. The van der Waals surface area contributed by atoms with Crippen molar-refractivity contribution < 1.29 is 19.3 Å². The van der Waals surface area contributed by atoms with E-state index in [2.05, 4.69) is 4.99 Å². The maximum absolute atomic E-state index is 12.9. The van der Waals surface area contributed by atoms with Gasteiger partial charge in [0.15, 0.2) is 5.75 Å². The van der Waals surface area contributed by atoms with Crippen LogP contribution < -0.4 is 4.57 Å². The van der Waals surface area contributed by atoms with Crippen molar-refractivity contribution >= 4 is 35.3 Å². The summed E-state index contributed by atoms with van der Waals surface area (Å²) in [5.74, 6) is 0.488. The molecule has 150 valence electrons. The average Bonchev–Trinajstić information content (AvgIpc) is 3.28. The summed E-state index contributed by atoms with van der Waals surface area (Å²) in [6, 6.07) is 13.0. The van der Waals surface area contributed by atoms with Crippen molar-refractivity contribution in [2.75, 3.05) is 14.1 Å². The second kappa shape index (κ2) is 6.43. The van der Waals surface area contributed by atoms with Gasteiger partial charge in [0, 0.05) is 24.7 Å². The molecule has 0 radical (unpaired) electrons. The van der Waals surface area contributed by atoms with Gasteiger partial charge in [-0.3, -0.25) is 14.6 Å². The Morgan fingerprint density at radius 2 is 1.73 bits per heavy atom. The maximum Gasteiger partial charge on any atom is 0.407 e. The van der Waals surface area contributed by atoms with E-state index in [1.54, 1.807) is 46.5 Å². The van der Waals surface area contributed by atoms with E-state index >= 15 is 0 Å². The quantitative estimate of drug-likeness (QED) is 0.645. The van der Waals surface area contributed by atoms with E-state index in [-0.39, 0.29) is 11.7 Å². The molecule has 1 N–H and O–H groups in total. The summed E-state index contributed by atoms with van der Waals surface area (Å²) in [5.41, 5.74) is 2.07. The molecule has 2 aromatic carbocycles. The Bertz CT molecular complexity index is 1250. The molecule has 3 heterocycles. The normalized spacial score (nSPS) is 17.8. The number of aromatic nitrogens is 2. The SMILES string of the molecule is CN1C(=O)C2C(=Nc3n(-c4ccccc4O)c(-c4ccc(Cl)cc4)c[n+]32)N(C)C1=O. The standard InChI is InChI=1S/C21H16ClN5O3/c1-24-18-17(19(29)25(2)21(24)30)26-11-15(12-7-9-13(22)10-8-12)27(20(26)23-18)14-5-3-4-6-16(14)28/h3-11,17H,1-2H3/p+1. The van der Waals surface area contributed by atoms with Gasteiger partial charge in [-0.2, -0.15) is 4.57 Å². The number of rotatable bonds is 2. The van der Waals surface area contributed by atoms with E-state index < -0.39 is 12.1 Å². The minimum Gasteiger partial charge on any atom is -0.504 e. The lowest BCUT2D eigenvalue weighted by Crippen LogP contribution is -2.61. The van der Waals surface area contributed by atoms with Crippen LogP contribution in [-0.2, 0) is 4.79 Å². The number of imidazole rings is 1. The number of urea groups is 1. The molecule has 1 saturated heterocycles. The van der Waals surface area contributed by atoms with Crippen LogP contribution in [0, 0.1) is 0 Å². The maximum atomic E-state index is 12.9. The van der Waals surface area contributed by atoms with Gasteiger partial charge in [0.25, 0.3) is 5.91 Å². The van der Waals surface area contributed by atoms with Crippen molar-refractivity contribution in [2.24, 2.45) is 4.99 Å². The molecule has 30 heavy (non-hydrogen) atoms. The third kappa shape index (κ3) is 2.47. The van der Waals surface area contributed by atoms with Crippen LogP contribution in [-0.4, -0.2) is 51.3 Å². The van der Waals surface area contributed by atoms with Gasteiger partial charge in [-0.15, -0.1) is 0 Å². The molecular weight excluding hydrogens is 406 g/mol. The topological polar surface area (TPSA) is 82.0 Å². The van der Waals surface area contributed by atoms with Crippen LogP contribution in [0.3, 0.4) is 0 Å². The van der Waals surface area contributed by atoms with Gasteiger partial charge in [-0.25, -0.2) is 9.36 Å². The van der Waals surface area contributed by atoms with Crippen molar-refractivity contribution in [1.29, 1.82) is 0 Å². The van der Waals surface area contributed by atoms with E-state index in [1.165, 1.54) is 11.9 Å². The molecule has 2 aliphatic heterocycles. The van der Waals surface area contributed by atoms with Crippen molar-refractivity contribution in [1.82, 2.24) is 14.4 Å². The molecule has 1 aromatic heterocycles. The van der Waals surface area contributed by atoms with Gasteiger partial charge in [0.1, 0.15) is 17.6 Å². The van der Waals surface area contributed by atoms with E-state index in [9.17, 15) is 14.7 Å². The number of hydrogen-bond donors (Lipinski definition) is 1. The lowest BCUT2D eigenvalue weighted by atomic mass is 10.1. The summed E-state index contributed by atoms with van der Waals surface area (Å²) >= 11 is 6.05. The number of carbonyl (C=O) groups is 2. The Morgan fingerprint density at radius 1 is 1.03 bits per heavy atom. The summed E-state index contributed by atoms with van der Waals surface area (Å²) in [7, 11) is 3.05. The zero-order valence-electron chi connectivity index (χ0n) is 16.2. The van der Waals surface area contributed by atoms with Crippen LogP contribution >= 0.6 is 11.6 Å². The molecule has 9 heteroatoms. The number of likely N-dealkylation sites (N-methyl/N-ethyl adjacent to an activating group) is 2. The number of imide groups is 1. The highest BCUT2D eigenvalue weighted by atomic mass is 35.5. The molecule has 0 bridgehead atoms. The molecule has 1 fully saturated rings. The number of phenolic OH excluding ortho intramolecular Hbond substituents is 1. The monoisotopic (exact) mass is 422 g/mol. The third-order valence-corrected chi connectivity index (χ3v) is 5.67. The Kier molecular flexibility index (Phi) is 3.94. The minimum atomic E-state index is -0.758. The number of halogens is 1. The fourth-order valence-electron chi connectivity index (χ4n) is 3.86. The average molecular weight is 423 g/mol. The molecule has 5 rings (SSSR count). The van der Waals surface area contributed by atoms with Crippen LogP contribution in [0.15, 0.2) is 59.7 Å². The highest BCUT2D eigenvalue weighted by Crippen LogP contribution is 2.37. The number of amidine groups is 1. The summed E-state index contributed by atoms with van der Waals surface area (Å²) < 4.78 is 3.50. The van der Waals surface area contributed by atoms with Crippen molar-refractivity contribution in [3.05, 3.63) is 59.8 Å². The zero-order valence-corrected chi connectivity index (χ0v) is 16.9. The first-order valence-electron chi connectivity index (χ1n) is 9.23. The molecule has 8 nitrogen and oxygen atoms in total. The zero-order chi connectivity index (χ0) is 21.2. The Labute approximate surface area is 176 Å². The number of aliphatic imine (C=N–C) groups is 1. The lowest BCUT2D eigenvalue weighted by molar-refractivity contribution is -0.676. The number of carbonyl (C=O) groups excluding carboxylic acids is 2. The summed E-state index contributed by atoms with van der Waals surface area (Å²) in [6.45, 7) is 0. The van der Waals surface area contributed by atoms with Crippen molar-refractivity contribution in [3.63, 3.8) is 0 Å².